The molecular formula is C8H11BrClNS. The van der Waals surface area contributed by atoms with Crippen molar-refractivity contribution >= 4 is 38.9 Å². The highest BCUT2D eigenvalue weighted by molar-refractivity contribution is 9.10. The number of halogens is 2. The Balaban J connectivity index is 2.86. The number of thiophene rings is 1. The predicted octanol–water partition coefficient (Wildman–Crippen LogP) is 3.83. The summed E-state index contributed by atoms with van der Waals surface area (Å²) in [6, 6.07) is 2.51. The van der Waals surface area contributed by atoms with E-state index in [9.17, 15) is 0 Å². The Kier molecular flexibility index (Phi) is 4.03. The molecule has 0 radical (unpaired) electrons. The fraction of sp³-hybridized carbons (Fsp3) is 0.500. The molecule has 1 rings (SSSR count). The normalized spacial score (nSPS) is 13.3. The number of rotatable bonds is 3. The third-order valence-corrected chi connectivity index (χ3v) is 4.35. The summed E-state index contributed by atoms with van der Waals surface area (Å²) in [4.78, 5) is 1.29. The zero-order chi connectivity index (χ0) is 9.14. The van der Waals surface area contributed by atoms with Gasteiger partial charge in [-0.1, -0.05) is 18.5 Å². The molecule has 0 fully saturated rings. The topological polar surface area (TPSA) is 12.0 Å². The average molecular weight is 269 g/mol. The third-order valence-electron chi connectivity index (χ3n) is 1.76. The average Bonchev–Trinajstić information content (AvgIpc) is 2.35. The largest absolute Gasteiger partial charge is 0.312 e. The highest BCUT2D eigenvalue weighted by atomic mass is 79.9. The Morgan fingerprint density at radius 3 is 2.75 bits per heavy atom. The van der Waals surface area contributed by atoms with Crippen LogP contribution in [0, 0.1) is 0 Å². The zero-order valence-electron chi connectivity index (χ0n) is 7.03. The van der Waals surface area contributed by atoms with Gasteiger partial charge in [-0.2, -0.15) is 0 Å². The van der Waals surface area contributed by atoms with E-state index < -0.39 is 0 Å². The van der Waals surface area contributed by atoms with Crippen LogP contribution in [0.1, 0.15) is 24.3 Å². The fourth-order valence-corrected chi connectivity index (χ4v) is 3.01. The number of nitrogens with one attached hydrogen (secondary N) is 1. The minimum atomic E-state index is 0.429. The van der Waals surface area contributed by atoms with Crippen molar-refractivity contribution in [2.45, 2.75) is 19.4 Å². The first-order valence-electron chi connectivity index (χ1n) is 3.81. The molecule has 0 aliphatic rings. The summed E-state index contributed by atoms with van der Waals surface area (Å²) in [6.45, 7) is 2.16. The van der Waals surface area contributed by atoms with Gasteiger partial charge in [0.05, 0.1) is 0 Å². The first-order chi connectivity index (χ1) is 5.69. The van der Waals surface area contributed by atoms with Gasteiger partial charge in [0.25, 0.3) is 0 Å². The molecule has 1 atom stereocenters. The summed E-state index contributed by atoms with van der Waals surface area (Å²) < 4.78 is 1.83. The molecule has 4 heteroatoms. The van der Waals surface area contributed by atoms with Crippen LogP contribution in [0.5, 0.6) is 0 Å². The van der Waals surface area contributed by atoms with Crippen LogP contribution < -0.4 is 5.32 Å². The highest BCUT2D eigenvalue weighted by Gasteiger charge is 2.11. The quantitative estimate of drug-likeness (QED) is 0.878. The van der Waals surface area contributed by atoms with Gasteiger partial charge in [0.2, 0.25) is 0 Å². The Morgan fingerprint density at radius 2 is 2.42 bits per heavy atom. The summed E-state index contributed by atoms with van der Waals surface area (Å²) in [6.07, 6.45) is 1.08. The number of hydrogen-bond acceptors (Lipinski definition) is 2. The van der Waals surface area contributed by atoms with Crippen molar-refractivity contribution < 1.29 is 0 Å². The molecule has 0 aliphatic carbocycles. The van der Waals surface area contributed by atoms with Crippen molar-refractivity contribution in [1.82, 2.24) is 5.32 Å². The second-order valence-corrected chi connectivity index (χ2v) is 5.06. The molecule has 12 heavy (non-hydrogen) atoms. The van der Waals surface area contributed by atoms with Gasteiger partial charge in [0.15, 0.2) is 0 Å². The maximum atomic E-state index is 5.93. The Bertz CT molecular complexity index is 238. The van der Waals surface area contributed by atoms with E-state index in [0.717, 1.165) is 15.2 Å². The maximum absolute atomic E-state index is 5.93. The SMILES string of the molecule is CCC(NC)c1cc(Br)c(Cl)s1. The summed E-state index contributed by atoms with van der Waals surface area (Å²) in [5.74, 6) is 0. The summed E-state index contributed by atoms with van der Waals surface area (Å²) in [5.41, 5.74) is 0. The minimum absolute atomic E-state index is 0.429. The molecule has 0 aromatic carbocycles. The minimum Gasteiger partial charge on any atom is -0.312 e. The van der Waals surface area contributed by atoms with Gasteiger partial charge in [0.1, 0.15) is 4.34 Å². The van der Waals surface area contributed by atoms with Crippen molar-refractivity contribution in [3.63, 3.8) is 0 Å². The van der Waals surface area contributed by atoms with Gasteiger partial charge in [-0.3, -0.25) is 0 Å². The van der Waals surface area contributed by atoms with Gasteiger partial charge in [-0.25, -0.2) is 0 Å². The maximum Gasteiger partial charge on any atom is 0.107 e. The van der Waals surface area contributed by atoms with Crippen LogP contribution in [0.15, 0.2) is 10.5 Å². The molecule has 1 nitrogen and oxygen atoms in total. The van der Waals surface area contributed by atoms with Crippen molar-refractivity contribution in [1.29, 1.82) is 0 Å². The van der Waals surface area contributed by atoms with E-state index >= 15 is 0 Å². The van der Waals surface area contributed by atoms with Crippen LogP contribution >= 0.6 is 38.9 Å². The van der Waals surface area contributed by atoms with Gasteiger partial charge in [-0.05, 0) is 35.5 Å². The van der Waals surface area contributed by atoms with Crippen LogP contribution in [0.2, 0.25) is 4.34 Å². The first kappa shape index (κ1) is 10.5. The smallest absolute Gasteiger partial charge is 0.107 e. The monoisotopic (exact) mass is 267 g/mol. The van der Waals surface area contributed by atoms with E-state index in [2.05, 4.69) is 34.2 Å². The highest BCUT2D eigenvalue weighted by Crippen LogP contribution is 2.35. The van der Waals surface area contributed by atoms with Crippen LogP contribution in [-0.2, 0) is 0 Å². The molecule has 0 saturated heterocycles. The van der Waals surface area contributed by atoms with E-state index in [0.29, 0.717) is 6.04 Å². The van der Waals surface area contributed by atoms with E-state index in [1.165, 1.54) is 4.88 Å². The van der Waals surface area contributed by atoms with Crippen LogP contribution in [0.25, 0.3) is 0 Å². The van der Waals surface area contributed by atoms with Crippen molar-refractivity contribution in [2.24, 2.45) is 0 Å². The van der Waals surface area contributed by atoms with Gasteiger partial charge >= 0.3 is 0 Å². The Hall–Kier alpha value is 0.430. The van der Waals surface area contributed by atoms with E-state index in [1.54, 1.807) is 11.3 Å². The van der Waals surface area contributed by atoms with Crippen LogP contribution in [0.4, 0.5) is 0 Å². The first-order valence-corrected chi connectivity index (χ1v) is 5.79. The lowest BCUT2D eigenvalue weighted by atomic mass is 10.2. The molecule has 1 aromatic heterocycles. The van der Waals surface area contributed by atoms with Crippen LogP contribution in [-0.4, -0.2) is 7.05 Å². The lowest BCUT2D eigenvalue weighted by Crippen LogP contribution is -2.13. The van der Waals surface area contributed by atoms with Gasteiger partial charge in [0, 0.05) is 15.4 Å². The molecule has 1 unspecified atom stereocenters. The second kappa shape index (κ2) is 4.61. The summed E-state index contributed by atoms with van der Waals surface area (Å²) in [7, 11) is 1.97. The summed E-state index contributed by atoms with van der Waals surface area (Å²) >= 11 is 11.0. The third kappa shape index (κ3) is 2.22. The molecule has 0 spiro atoms. The molecule has 1 heterocycles. The van der Waals surface area contributed by atoms with Gasteiger partial charge < -0.3 is 5.32 Å². The molecule has 0 amide bonds. The molecule has 1 N–H and O–H groups in total. The molecule has 1 aromatic rings. The van der Waals surface area contributed by atoms with Crippen LogP contribution in [0.3, 0.4) is 0 Å². The zero-order valence-corrected chi connectivity index (χ0v) is 10.2. The molecular weight excluding hydrogens is 258 g/mol. The van der Waals surface area contributed by atoms with Gasteiger partial charge in [-0.15, -0.1) is 11.3 Å². The second-order valence-electron chi connectivity index (χ2n) is 2.52. The molecule has 0 saturated carbocycles. The standard InChI is InChI=1S/C8H11BrClNS/c1-3-6(11-2)7-4-5(9)8(10)12-7/h4,6,11H,3H2,1-2H3. The molecule has 0 bridgehead atoms. The lowest BCUT2D eigenvalue weighted by Gasteiger charge is -2.10. The van der Waals surface area contributed by atoms with Crippen molar-refractivity contribution in [2.75, 3.05) is 7.05 Å². The fourth-order valence-electron chi connectivity index (χ4n) is 1.08. The van der Waals surface area contributed by atoms with Crippen molar-refractivity contribution in [3.8, 4) is 0 Å². The summed E-state index contributed by atoms with van der Waals surface area (Å²) in [5, 5.41) is 3.24. The Labute approximate surface area is 90.3 Å². The van der Waals surface area contributed by atoms with E-state index in [1.807, 2.05) is 7.05 Å². The predicted molar refractivity (Wildman–Crippen MR) is 59.1 cm³/mol. The number of hydrogen-bond donors (Lipinski definition) is 1. The molecule has 0 aliphatic heterocycles. The van der Waals surface area contributed by atoms with Crippen molar-refractivity contribution in [3.05, 3.63) is 19.8 Å². The molecule has 68 valence electrons. The Morgan fingerprint density at radius 1 is 1.75 bits per heavy atom. The van der Waals surface area contributed by atoms with E-state index in [-0.39, 0.29) is 0 Å². The lowest BCUT2D eigenvalue weighted by molar-refractivity contribution is 0.586. The van der Waals surface area contributed by atoms with E-state index in [4.69, 9.17) is 11.6 Å².